The zero-order valence-electron chi connectivity index (χ0n) is 13.4. The summed E-state index contributed by atoms with van der Waals surface area (Å²) in [5, 5.41) is 13.4. The van der Waals surface area contributed by atoms with E-state index in [0.717, 1.165) is 12.8 Å². The van der Waals surface area contributed by atoms with E-state index in [1.165, 1.54) is 37.3 Å². The molecule has 2 aromatic rings. The molecule has 0 spiro atoms. The molecule has 0 aliphatic heterocycles. The highest BCUT2D eigenvalue weighted by atomic mass is 16.6. The first-order valence-electron chi connectivity index (χ1n) is 7.80. The zero-order valence-corrected chi connectivity index (χ0v) is 13.4. The quantitative estimate of drug-likeness (QED) is 0.490. The lowest BCUT2D eigenvalue weighted by molar-refractivity contribution is -0.384. The normalized spacial score (nSPS) is 14.6. The van der Waals surface area contributed by atoms with Gasteiger partial charge in [0.15, 0.2) is 6.10 Å². The van der Waals surface area contributed by atoms with Gasteiger partial charge in [0, 0.05) is 23.7 Å². The molecule has 0 saturated heterocycles. The van der Waals surface area contributed by atoms with E-state index in [9.17, 15) is 19.7 Å². The number of rotatable bonds is 6. The van der Waals surface area contributed by atoms with Crippen molar-refractivity contribution in [2.24, 2.45) is 0 Å². The van der Waals surface area contributed by atoms with Crippen molar-refractivity contribution in [3.8, 4) is 11.3 Å². The lowest BCUT2D eigenvalue weighted by Gasteiger charge is -2.12. The number of nitrogens with one attached hydrogen (secondary N) is 1. The van der Waals surface area contributed by atoms with Crippen LogP contribution in [0.15, 0.2) is 40.8 Å². The van der Waals surface area contributed by atoms with E-state index in [-0.39, 0.29) is 23.4 Å². The predicted molar refractivity (Wildman–Crippen MR) is 86.8 cm³/mol. The molecule has 130 valence electrons. The summed E-state index contributed by atoms with van der Waals surface area (Å²) in [6.45, 7) is 1.50. The molecule has 1 aliphatic carbocycles. The molecule has 1 aromatic carbocycles. The van der Waals surface area contributed by atoms with E-state index in [1.807, 2.05) is 0 Å². The van der Waals surface area contributed by atoms with Gasteiger partial charge >= 0.3 is 5.97 Å². The van der Waals surface area contributed by atoms with Gasteiger partial charge < -0.3 is 14.5 Å². The molecule has 25 heavy (non-hydrogen) atoms. The van der Waals surface area contributed by atoms with Gasteiger partial charge in [-0.05, 0) is 44.0 Å². The van der Waals surface area contributed by atoms with Gasteiger partial charge in [0.25, 0.3) is 11.6 Å². The largest absolute Gasteiger partial charge is 0.449 e. The summed E-state index contributed by atoms with van der Waals surface area (Å²) in [6.07, 6.45) is 0.979. The topological polar surface area (TPSA) is 112 Å². The van der Waals surface area contributed by atoms with Gasteiger partial charge in [0.1, 0.15) is 5.76 Å². The fourth-order valence-corrected chi connectivity index (χ4v) is 2.17. The third-order valence-corrected chi connectivity index (χ3v) is 3.75. The number of carbonyl (C=O) groups is 2. The van der Waals surface area contributed by atoms with Crippen LogP contribution in [0, 0.1) is 10.1 Å². The van der Waals surface area contributed by atoms with Crippen molar-refractivity contribution in [3.05, 3.63) is 52.3 Å². The molecule has 1 aliphatic rings. The van der Waals surface area contributed by atoms with Gasteiger partial charge in [-0.3, -0.25) is 14.9 Å². The van der Waals surface area contributed by atoms with Gasteiger partial charge in [-0.1, -0.05) is 0 Å². The molecule has 0 unspecified atom stereocenters. The maximum atomic E-state index is 12.1. The zero-order chi connectivity index (χ0) is 18.0. The first kappa shape index (κ1) is 16.7. The molecule has 1 fully saturated rings. The maximum Gasteiger partial charge on any atom is 0.375 e. The summed E-state index contributed by atoms with van der Waals surface area (Å²) >= 11 is 0. The fourth-order valence-electron chi connectivity index (χ4n) is 2.17. The van der Waals surface area contributed by atoms with Crippen LogP contribution >= 0.6 is 0 Å². The average Bonchev–Trinajstić information content (AvgIpc) is 3.26. The van der Waals surface area contributed by atoms with E-state index in [4.69, 9.17) is 9.15 Å². The van der Waals surface area contributed by atoms with Crippen molar-refractivity contribution < 1.29 is 23.7 Å². The van der Waals surface area contributed by atoms with Crippen LogP contribution in [0.4, 0.5) is 5.69 Å². The number of benzene rings is 1. The number of non-ortho nitro benzene ring substituents is 1. The van der Waals surface area contributed by atoms with Gasteiger partial charge in [-0.25, -0.2) is 4.79 Å². The number of nitro benzene ring substituents is 1. The Balaban J connectivity index is 1.64. The SMILES string of the molecule is C[C@@H](OC(=O)c1ccc(-c2ccc([N+](=O)[O-])cc2)o1)C(=O)NC1CC1. The number of esters is 1. The Morgan fingerprint density at radius 3 is 2.52 bits per heavy atom. The molecule has 1 atom stereocenters. The molecule has 3 rings (SSSR count). The van der Waals surface area contributed by atoms with Crippen LogP contribution in [0.2, 0.25) is 0 Å². The highest BCUT2D eigenvalue weighted by Crippen LogP contribution is 2.25. The molecule has 8 nitrogen and oxygen atoms in total. The summed E-state index contributed by atoms with van der Waals surface area (Å²) in [5.41, 5.74) is 0.551. The minimum atomic E-state index is -0.916. The second-order valence-corrected chi connectivity index (χ2v) is 5.80. The molecule has 0 radical (unpaired) electrons. The van der Waals surface area contributed by atoms with Crippen molar-refractivity contribution in [1.82, 2.24) is 5.32 Å². The Kier molecular flexibility index (Phi) is 4.51. The molecule has 8 heteroatoms. The van der Waals surface area contributed by atoms with E-state index in [1.54, 1.807) is 6.07 Å². The number of nitrogens with zero attached hydrogens (tertiary/aromatic N) is 1. The van der Waals surface area contributed by atoms with Crippen molar-refractivity contribution in [3.63, 3.8) is 0 Å². The van der Waals surface area contributed by atoms with Crippen LogP contribution in [-0.4, -0.2) is 28.9 Å². The van der Waals surface area contributed by atoms with Gasteiger partial charge in [-0.2, -0.15) is 0 Å². The first-order chi connectivity index (χ1) is 11.9. The number of amides is 1. The molecule has 0 bridgehead atoms. The Bertz CT molecular complexity index is 807. The molecule has 1 saturated carbocycles. The van der Waals surface area contributed by atoms with Crippen LogP contribution in [-0.2, 0) is 9.53 Å². The molecular formula is C17H16N2O6. The van der Waals surface area contributed by atoms with Crippen molar-refractivity contribution in [2.45, 2.75) is 31.9 Å². The molecular weight excluding hydrogens is 328 g/mol. The number of ether oxygens (including phenoxy) is 1. The third kappa shape index (κ3) is 4.03. The molecule has 1 aromatic heterocycles. The summed E-state index contributed by atoms with van der Waals surface area (Å²) in [7, 11) is 0. The highest BCUT2D eigenvalue weighted by molar-refractivity contribution is 5.90. The highest BCUT2D eigenvalue weighted by Gasteiger charge is 2.28. The van der Waals surface area contributed by atoms with Gasteiger partial charge in [-0.15, -0.1) is 0 Å². The number of nitro groups is 1. The molecule has 1 heterocycles. The fraction of sp³-hybridized carbons (Fsp3) is 0.294. The van der Waals surface area contributed by atoms with Crippen LogP contribution < -0.4 is 5.32 Å². The Morgan fingerprint density at radius 2 is 1.92 bits per heavy atom. The van der Waals surface area contributed by atoms with Crippen molar-refractivity contribution in [1.29, 1.82) is 0 Å². The predicted octanol–water partition coefficient (Wildman–Crippen LogP) is 2.68. The van der Waals surface area contributed by atoms with Crippen LogP contribution in [0.3, 0.4) is 0 Å². The monoisotopic (exact) mass is 344 g/mol. The Hall–Kier alpha value is -3.16. The van der Waals surface area contributed by atoms with Gasteiger partial charge in [0.05, 0.1) is 4.92 Å². The molecule has 1 N–H and O–H groups in total. The lowest BCUT2D eigenvalue weighted by atomic mass is 10.1. The van der Waals surface area contributed by atoms with Crippen LogP contribution in [0.25, 0.3) is 11.3 Å². The van der Waals surface area contributed by atoms with E-state index >= 15 is 0 Å². The third-order valence-electron chi connectivity index (χ3n) is 3.75. The summed E-state index contributed by atoms with van der Waals surface area (Å²) in [4.78, 5) is 34.0. The van der Waals surface area contributed by atoms with Crippen molar-refractivity contribution in [2.75, 3.05) is 0 Å². The number of furan rings is 1. The number of hydrogen-bond donors (Lipinski definition) is 1. The molecule has 1 amide bonds. The first-order valence-corrected chi connectivity index (χ1v) is 7.80. The standard InChI is InChI=1S/C17H16N2O6/c1-10(16(20)18-12-4-5-12)24-17(21)15-9-8-14(25-15)11-2-6-13(7-3-11)19(22)23/h2-3,6-10,12H,4-5H2,1H3,(H,18,20)/t10-/m1/s1. The Morgan fingerprint density at radius 1 is 1.24 bits per heavy atom. The Labute approximate surface area is 142 Å². The summed E-state index contributed by atoms with van der Waals surface area (Å²) in [5.74, 6) is -0.749. The lowest BCUT2D eigenvalue weighted by Crippen LogP contribution is -2.37. The minimum Gasteiger partial charge on any atom is -0.449 e. The number of hydrogen-bond acceptors (Lipinski definition) is 6. The van der Waals surface area contributed by atoms with E-state index in [0.29, 0.717) is 11.3 Å². The second-order valence-electron chi connectivity index (χ2n) is 5.80. The van der Waals surface area contributed by atoms with E-state index in [2.05, 4.69) is 5.32 Å². The second kappa shape index (κ2) is 6.76. The number of carbonyl (C=O) groups excluding carboxylic acids is 2. The van der Waals surface area contributed by atoms with E-state index < -0.39 is 17.0 Å². The smallest absolute Gasteiger partial charge is 0.375 e. The van der Waals surface area contributed by atoms with Crippen molar-refractivity contribution >= 4 is 17.6 Å². The minimum absolute atomic E-state index is 0.0366. The van der Waals surface area contributed by atoms with Crippen LogP contribution in [0.5, 0.6) is 0 Å². The van der Waals surface area contributed by atoms with Gasteiger partial charge in [0.2, 0.25) is 5.76 Å². The summed E-state index contributed by atoms with van der Waals surface area (Å²) in [6, 6.07) is 8.93. The summed E-state index contributed by atoms with van der Waals surface area (Å²) < 4.78 is 10.5. The maximum absolute atomic E-state index is 12.1. The average molecular weight is 344 g/mol. The van der Waals surface area contributed by atoms with Crippen LogP contribution in [0.1, 0.15) is 30.3 Å².